The highest BCUT2D eigenvalue weighted by Crippen LogP contribution is 2.33. The Hall–Kier alpha value is -4.19. The van der Waals surface area contributed by atoms with Crippen LogP contribution in [0.25, 0.3) is 10.8 Å². The first-order chi connectivity index (χ1) is 21.3. The highest BCUT2D eigenvalue weighted by molar-refractivity contribution is 5.99. The van der Waals surface area contributed by atoms with Gasteiger partial charge >= 0.3 is 5.97 Å². The third-order valence-corrected chi connectivity index (χ3v) is 8.89. The van der Waals surface area contributed by atoms with Gasteiger partial charge < -0.3 is 15.2 Å². The molecular weight excluding hydrogens is 560 g/mol. The van der Waals surface area contributed by atoms with E-state index in [4.69, 9.17) is 9.72 Å². The molecule has 0 radical (unpaired) electrons. The lowest BCUT2D eigenvalue weighted by molar-refractivity contribution is -0.139. The van der Waals surface area contributed by atoms with E-state index in [0.29, 0.717) is 11.7 Å². The van der Waals surface area contributed by atoms with Gasteiger partial charge in [0.1, 0.15) is 23.2 Å². The van der Waals surface area contributed by atoms with Crippen LogP contribution in [-0.4, -0.2) is 28.0 Å². The predicted octanol–water partition coefficient (Wildman–Crippen LogP) is 8.78. The van der Waals surface area contributed by atoms with Crippen LogP contribution in [0.3, 0.4) is 0 Å². The molecule has 2 N–H and O–H groups in total. The van der Waals surface area contributed by atoms with Crippen LogP contribution in [0, 0.1) is 5.92 Å². The van der Waals surface area contributed by atoms with E-state index in [-0.39, 0.29) is 22.9 Å². The summed E-state index contributed by atoms with van der Waals surface area (Å²) in [5.74, 6) is 0.420. The van der Waals surface area contributed by atoms with Crippen molar-refractivity contribution in [3.8, 4) is 11.5 Å². The summed E-state index contributed by atoms with van der Waals surface area (Å²) in [6.07, 6.45) is 5.66. The fourth-order valence-corrected chi connectivity index (χ4v) is 6.09. The molecule has 0 aliphatic heterocycles. The number of pyridine rings is 1. The molecule has 0 saturated heterocycles. The van der Waals surface area contributed by atoms with Crippen LogP contribution in [0.4, 0.5) is 0 Å². The second-order valence-electron chi connectivity index (χ2n) is 14.6. The Morgan fingerprint density at radius 1 is 0.844 bits per heavy atom. The van der Waals surface area contributed by atoms with Crippen molar-refractivity contribution in [2.75, 3.05) is 0 Å². The van der Waals surface area contributed by atoms with Crippen molar-refractivity contribution >= 4 is 22.6 Å². The Bertz CT molecular complexity index is 1660. The van der Waals surface area contributed by atoms with Crippen LogP contribution in [-0.2, 0) is 28.5 Å². The van der Waals surface area contributed by atoms with Gasteiger partial charge in [0.05, 0.1) is 0 Å². The molecule has 0 unspecified atom stereocenters. The molecule has 1 amide bonds. The first-order valence-corrected chi connectivity index (χ1v) is 16.1. The number of aliphatic carboxylic acids is 1. The molecule has 6 heteroatoms. The molecule has 3 aromatic carbocycles. The van der Waals surface area contributed by atoms with E-state index in [1.807, 2.05) is 54.6 Å². The van der Waals surface area contributed by atoms with Crippen LogP contribution >= 0.6 is 0 Å². The third kappa shape index (κ3) is 8.10. The van der Waals surface area contributed by atoms with Gasteiger partial charge in [-0.05, 0) is 75.6 Å². The van der Waals surface area contributed by atoms with E-state index < -0.39 is 17.9 Å². The molecule has 1 atom stereocenters. The maximum atomic E-state index is 13.5. The van der Waals surface area contributed by atoms with Gasteiger partial charge in [0.25, 0.3) is 5.91 Å². The zero-order valence-electron chi connectivity index (χ0n) is 27.4. The number of hydrogen-bond donors (Lipinski definition) is 2. The van der Waals surface area contributed by atoms with Gasteiger partial charge in [-0.2, -0.15) is 0 Å². The zero-order valence-corrected chi connectivity index (χ0v) is 27.4. The largest absolute Gasteiger partial charge is 0.480 e. The maximum Gasteiger partial charge on any atom is 0.326 e. The Morgan fingerprint density at radius 2 is 1.42 bits per heavy atom. The second-order valence-corrected chi connectivity index (χ2v) is 14.6. The Kier molecular flexibility index (Phi) is 9.33. The average Bonchev–Trinajstić information content (AvgIpc) is 3.49. The van der Waals surface area contributed by atoms with E-state index in [2.05, 4.69) is 59.0 Å². The first-order valence-electron chi connectivity index (χ1n) is 16.1. The number of carbonyl (C=O) groups is 2. The minimum atomic E-state index is -1.08. The molecule has 6 nitrogen and oxygen atoms in total. The van der Waals surface area contributed by atoms with Crippen molar-refractivity contribution in [1.82, 2.24) is 10.3 Å². The molecule has 45 heavy (non-hydrogen) atoms. The molecular formula is C39H46N2O4. The lowest BCUT2D eigenvalue weighted by Crippen LogP contribution is -2.42. The Labute approximate surface area is 267 Å². The minimum absolute atomic E-state index is 0.00148. The SMILES string of the molecule is CC(C)(C)c1ccc(C[C@@H](NC(=O)c2cc3ccc(Oc4ccc(C(C)(C)C)cc4)cc3c(CC3CCCC3)n2)C(=O)O)cc1. The molecule has 1 aliphatic rings. The number of nitrogens with one attached hydrogen (secondary N) is 1. The minimum Gasteiger partial charge on any atom is -0.480 e. The smallest absolute Gasteiger partial charge is 0.326 e. The van der Waals surface area contributed by atoms with Crippen molar-refractivity contribution in [3.63, 3.8) is 0 Å². The van der Waals surface area contributed by atoms with Crippen LogP contribution in [0.5, 0.6) is 11.5 Å². The molecule has 1 aliphatic carbocycles. The number of hydrogen-bond acceptors (Lipinski definition) is 4. The standard InChI is InChI=1S/C39H46N2O4/c1-38(2,3)28-14-11-26(12-15-28)22-35(37(43)44)41-36(42)34-23-27-13-18-31(45-30-19-16-29(17-20-30)39(4,5)6)24-32(27)33(40-34)21-25-9-7-8-10-25/h11-20,23-25,35H,7-10,21-22H2,1-6H3,(H,41,42)(H,43,44)/t35-/m1/s1. The highest BCUT2D eigenvalue weighted by atomic mass is 16.5. The van der Waals surface area contributed by atoms with Gasteiger partial charge in [-0.1, -0.05) is 110 Å². The molecule has 5 rings (SSSR count). The fourth-order valence-electron chi connectivity index (χ4n) is 6.09. The van der Waals surface area contributed by atoms with Crippen molar-refractivity contribution < 1.29 is 19.4 Å². The number of carboxylic acid groups (broad SMARTS) is 1. The molecule has 1 saturated carbocycles. The molecule has 0 spiro atoms. The first kappa shape index (κ1) is 32.2. The lowest BCUT2D eigenvalue weighted by Gasteiger charge is -2.20. The van der Waals surface area contributed by atoms with Gasteiger partial charge in [-0.15, -0.1) is 0 Å². The monoisotopic (exact) mass is 606 g/mol. The number of nitrogens with zero attached hydrogens (tertiary/aromatic N) is 1. The van der Waals surface area contributed by atoms with Gasteiger partial charge in [-0.25, -0.2) is 9.78 Å². The summed E-state index contributed by atoms with van der Waals surface area (Å²) in [5.41, 5.74) is 4.41. The number of fused-ring (bicyclic) bond motifs is 1. The molecule has 236 valence electrons. The summed E-state index contributed by atoms with van der Waals surface area (Å²) in [6, 6.07) is 22.7. The number of carbonyl (C=O) groups excluding carboxylic acids is 1. The summed E-state index contributed by atoms with van der Waals surface area (Å²) < 4.78 is 6.25. The average molecular weight is 607 g/mol. The second kappa shape index (κ2) is 13.0. The Morgan fingerprint density at radius 3 is 2.00 bits per heavy atom. The topological polar surface area (TPSA) is 88.5 Å². The van der Waals surface area contributed by atoms with E-state index in [0.717, 1.165) is 47.0 Å². The molecule has 4 aromatic rings. The number of aromatic nitrogens is 1. The number of ether oxygens (including phenoxy) is 1. The maximum absolute atomic E-state index is 13.5. The normalized spacial score (nSPS) is 14.8. The third-order valence-electron chi connectivity index (χ3n) is 8.89. The van der Waals surface area contributed by atoms with Crippen LogP contribution in [0.1, 0.15) is 100 Å². The van der Waals surface area contributed by atoms with E-state index in [9.17, 15) is 14.7 Å². The number of carboxylic acids is 1. The van der Waals surface area contributed by atoms with Gasteiger partial charge in [-0.3, -0.25) is 4.79 Å². The quantitative estimate of drug-likeness (QED) is 0.199. The van der Waals surface area contributed by atoms with Crippen LogP contribution in [0.15, 0.2) is 72.8 Å². The van der Waals surface area contributed by atoms with Crippen molar-refractivity contribution in [2.45, 2.75) is 96.9 Å². The summed E-state index contributed by atoms with van der Waals surface area (Å²) in [4.78, 5) is 30.6. The number of amides is 1. The van der Waals surface area contributed by atoms with Crippen LogP contribution in [0.2, 0.25) is 0 Å². The lowest BCUT2D eigenvalue weighted by atomic mass is 9.86. The summed E-state index contributed by atoms with van der Waals surface area (Å²) in [7, 11) is 0. The molecule has 0 bridgehead atoms. The summed E-state index contributed by atoms with van der Waals surface area (Å²) in [5, 5.41) is 14.6. The number of rotatable bonds is 9. The van der Waals surface area contributed by atoms with Gasteiger partial charge in [0.2, 0.25) is 0 Å². The predicted molar refractivity (Wildman–Crippen MR) is 180 cm³/mol. The number of benzene rings is 3. The summed E-state index contributed by atoms with van der Waals surface area (Å²) >= 11 is 0. The van der Waals surface area contributed by atoms with Crippen molar-refractivity contribution in [3.05, 3.63) is 101 Å². The molecule has 1 aromatic heterocycles. The van der Waals surface area contributed by atoms with Gasteiger partial charge in [0, 0.05) is 17.5 Å². The highest BCUT2D eigenvalue weighted by Gasteiger charge is 2.25. The van der Waals surface area contributed by atoms with E-state index in [1.165, 1.54) is 24.0 Å². The molecule has 1 fully saturated rings. The fraction of sp³-hybridized carbons (Fsp3) is 0.410. The summed E-state index contributed by atoms with van der Waals surface area (Å²) in [6.45, 7) is 13.0. The van der Waals surface area contributed by atoms with Gasteiger partial charge in [0.15, 0.2) is 0 Å². The van der Waals surface area contributed by atoms with Crippen molar-refractivity contribution in [2.24, 2.45) is 5.92 Å². The van der Waals surface area contributed by atoms with E-state index in [1.54, 1.807) is 6.07 Å². The van der Waals surface area contributed by atoms with Crippen molar-refractivity contribution in [1.29, 1.82) is 0 Å². The molecule has 1 heterocycles. The Balaban J connectivity index is 1.39. The van der Waals surface area contributed by atoms with Crippen LogP contribution < -0.4 is 10.1 Å². The van der Waals surface area contributed by atoms with E-state index >= 15 is 0 Å². The zero-order chi connectivity index (χ0) is 32.4.